The zero-order chi connectivity index (χ0) is 13.0. The Morgan fingerprint density at radius 1 is 1.39 bits per heavy atom. The maximum absolute atomic E-state index is 10.8. The first-order chi connectivity index (χ1) is 8.65. The Labute approximate surface area is 116 Å². The van der Waals surface area contributed by atoms with Crippen LogP contribution < -0.4 is 5.43 Å². The molecule has 0 amide bonds. The summed E-state index contributed by atoms with van der Waals surface area (Å²) >= 11 is 4.93. The van der Waals surface area contributed by atoms with E-state index in [-0.39, 0.29) is 5.56 Å². The molecule has 0 atom stereocenters. The van der Waals surface area contributed by atoms with Crippen LogP contribution in [0.25, 0.3) is 0 Å². The highest BCUT2D eigenvalue weighted by molar-refractivity contribution is 9.11. The van der Waals surface area contributed by atoms with Gasteiger partial charge in [-0.1, -0.05) is 6.07 Å². The molecule has 2 N–H and O–H groups in total. The lowest BCUT2D eigenvalue weighted by molar-refractivity contribution is 0.0697. The van der Waals surface area contributed by atoms with Gasteiger partial charge in [0, 0.05) is 4.88 Å². The average Bonchev–Trinajstić information content (AvgIpc) is 2.75. The van der Waals surface area contributed by atoms with Gasteiger partial charge in [0.05, 0.1) is 21.3 Å². The Bertz CT molecular complexity index is 595. The van der Waals surface area contributed by atoms with Crippen LogP contribution in [0.2, 0.25) is 0 Å². The van der Waals surface area contributed by atoms with Gasteiger partial charge in [0.25, 0.3) is 0 Å². The molecule has 0 unspecified atom stereocenters. The summed E-state index contributed by atoms with van der Waals surface area (Å²) in [6.07, 6.45) is 1.68. The summed E-state index contributed by atoms with van der Waals surface area (Å²) in [4.78, 5) is 11.8. The summed E-state index contributed by atoms with van der Waals surface area (Å²) < 4.78 is 1.04. The summed E-state index contributed by atoms with van der Waals surface area (Å²) in [6, 6.07) is 10.4. The van der Waals surface area contributed by atoms with Crippen LogP contribution in [0.5, 0.6) is 0 Å². The normalized spacial score (nSPS) is 10.7. The number of nitrogens with zero attached hydrogens (tertiary/aromatic N) is 1. The predicted molar refractivity (Wildman–Crippen MR) is 76.6 cm³/mol. The molecule has 92 valence electrons. The van der Waals surface area contributed by atoms with Crippen molar-refractivity contribution in [2.45, 2.75) is 0 Å². The number of aromatic carboxylic acids is 1. The fourth-order valence-electron chi connectivity index (χ4n) is 1.29. The van der Waals surface area contributed by atoms with E-state index in [1.165, 1.54) is 12.1 Å². The van der Waals surface area contributed by atoms with Crippen molar-refractivity contribution in [1.29, 1.82) is 0 Å². The summed E-state index contributed by atoms with van der Waals surface area (Å²) in [7, 11) is 0. The molecule has 6 heteroatoms. The van der Waals surface area contributed by atoms with Crippen molar-refractivity contribution in [2.24, 2.45) is 5.10 Å². The number of benzene rings is 1. The molecule has 18 heavy (non-hydrogen) atoms. The van der Waals surface area contributed by atoms with Gasteiger partial charge in [-0.15, -0.1) is 11.3 Å². The van der Waals surface area contributed by atoms with Crippen LogP contribution in [0.4, 0.5) is 5.69 Å². The van der Waals surface area contributed by atoms with E-state index < -0.39 is 5.97 Å². The lowest BCUT2D eigenvalue weighted by atomic mass is 10.2. The third-order valence-electron chi connectivity index (χ3n) is 2.09. The molecule has 0 fully saturated rings. The molecule has 0 radical (unpaired) electrons. The third kappa shape index (κ3) is 3.41. The fraction of sp³-hybridized carbons (Fsp3) is 0. The average molecular weight is 325 g/mol. The summed E-state index contributed by atoms with van der Waals surface area (Å²) in [5.74, 6) is -0.954. The van der Waals surface area contributed by atoms with Crippen molar-refractivity contribution in [3.63, 3.8) is 0 Å². The maximum atomic E-state index is 10.8. The quantitative estimate of drug-likeness (QED) is 0.666. The van der Waals surface area contributed by atoms with E-state index in [2.05, 4.69) is 26.5 Å². The number of thiophene rings is 1. The Hall–Kier alpha value is -1.66. The molecule has 2 aromatic rings. The minimum Gasteiger partial charge on any atom is -0.478 e. The Morgan fingerprint density at radius 2 is 2.22 bits per heavy atom. The van der Waals surface area contributed by atoms with Gasteiger partial charge >= 0.3 is 5.97 Å². The Balaban J connectivity index is 2.04. The van der Waals surface area contributed by atoms with Crippen LogP contribution in [0.3, 0.4) is 0 Å². The number of rotatable bonds is 4. The lowest BCUT2D eigenvalue weighted by Crippen LogP contribution is -1.97. The minimum atomic E-state index is -0.954. The van der Waals surface area contributed by atoms with E-state index in [0.29, 0.717) is 5.69 Å². The van der Waals surface area contributed by atoms with E-state index in [1.807, 2.05) is 12.1 Å². The van der Waals surface area contributed by atoms with E-state index in [4.69, 9.17) is 5.11 Å². The summed E-state index contributed by atoms with van der Waals surface area (Å²) in [5, 5.41) is 12.9. The van der Waals surface area contributed by atoms with Gasteiger partial charge in [-0.2, -0.15) is 5.10 Å². The van der Waals surface area contributed by atoms with Crippen molar-refractivity contribution in [1.82, 2.24) is 0 Å². The van der Waals surface area contributed by atoms with Gasteiger partial charge in [-0.3, -0.25) is 5.43 Å². The second-order valence-electron chi connectivity index (χ2n) is 3.40. The number of hydrogen-bond acceptors (Lipinski definition) is 4. The van der Waals surface area contributed by atoms with Crippen molar-refractivity contribution >= 4 is 45.1 Å². The Kier molecular flexibility index (Phi) is 4.11. The SMILES string of the molecule is O=C(O)c1cccc(NN=Cc2ccc(Br)s2)c1. The molecular formula is C12H9BrN2O2S. The predicted octanol–water partition coefficient (Wildman–Crippen LogP) is 3.65. The fourth-order valence-corrected chi connectivity index (χ4v) is 2.59. The van der Waals surface area contributed by atoms with Gasteiger partial charge < -0.3 is 5.11 Å². The molecule has 0 bridgehead atoms. The van der Waals surface area contributed by atoms with Crippen LogP contribution in [0, 0.1) is 0 Å². The third-order valence-corrected chi connectivity index (χ3v) is 3.65. The van der Waals surface area contributed by atoms with Crippen molar-refractivity contribution in [3.8, 4) is 0 Å². The molecule has 0 aliphatic carbocycles. The van der Waals surface area contributed by atoms with Gasteiger partial charge in [-0.25, -0.2) is 4.79 Å². The van der Waals surface area contributed by atoms with E-state index in [0.717, 1.165) is 8.66 Å². The van der Waals surface area contributed by atoms with Crippen LogP contribution >= 0.6 is 27.3 Å². The van der Waals surface area contributed by atoms with Crippen LogP contribution in [-0.4, -0.2) is 17.3 Å². The zero-order valence-corrected chi connectivity index (χ0v) is 11.5. The zero-order valence-electron chi connectivity index (χ0n) is 9.13. The first-order valence-corrected chi connectivity index (χ1v) is 6.64. The number of anilines is 1. The largest absolute Gasteiger partial charge is 0.478 e. The molecule has 1 aromatic heterocycles. The maximum Gasteiger partial charge on any atom is 0.335 e. The Morgan fingerprint density at radius 3 is 2.89 bits per heavy atom. The molecule has 0 saturated heterocycles. The highest BCUT2D eigenvalue weighted by Gasteiger charge is 2.02. The number of hydrazone groups is 1. The lowest BCUT2D eigenvalue weighted by Gasteiger charge is -2.00. The molecule has 2 rings (SSSR count). The molecular weight excluding hydrogens is 316 g/mol. The molecule has 0 spiro atoms. The van der Waals surface area contributed by atoms with Gasteiger partial charge in [-0.05, 0) is 46.3 Å². The summed E-state index contributed by atoms with van der Waals surface area (Å²) in [5.41, 5.74) is 3.67. The second kappa shape index (κ2) is 5.79. The van der Waals surface area contributed by atoms with Crippen molar-refractivity contribution in [2.75, 3.05) is 5.43 Å². The van der Waals surface area contributed by atoms with Crippen molar-refractivity contribution in [3.05, 3.63) is 50.6 Å². The number of carboxylic acids is 1. The highest BCUT2D eigenvalue weighted by Crippen LogP contribution is 2.20. The summed E-state index contributed by atoms with van der Waals surface area (Å²) in [6.45, 7) is 0. The second-order valence-corrected chi connectivity index (χ2v) is 5.89. The van der Waals surface area contributed by atoms with Gasteiger partial charge in [0.2, 0.25) is 0 Å². The highest BCUT2D eigenvalue weighted by atomic mass is 79.9. The number of nitrogens with one attached hydrogen (secondary N) is 1. The number of carboxylic acid groups (broad SMARTS) is 1. The van der Waals surface area contributed by atoms with Crippen LogP contribution in [0.1, 0.15) is 15.2 Å². The van der Waals surface area contributed by atoms with E-state index in [1.54, 1.807) is 29.7 Å². The smallest absolute Gasteiger partial charge is 0.335 e. The minimum absolute atomic E-state index is 0.231. The molecule has 0 aliphatic rings. The van der Waals surface area contributed by atoms with Gasteiger partial charge in [0.1, 0.15) is 0 Å². The van der Waals surface area contributed by atoms with Gasteiger partial charge in [0.15, 0.2) is 0 Å². The van der Waals surface area contributed by atoms with Crippen LogP contribution in [0.15, 0.2) is 45.3 Å². The monoisotopic (exact) mass is 324 g/mol. The molecule has 4 nitrogen and oxygen atoms in total. The topological polar surface area (TPSA) is 61.7 Å². The molecule has 1 aromatic carbocycles. The number of carbonyl (C=O) groups is 1. The van der Waals surface area contributed by atoms with E-state index >= 15 is 0 Å². The van der Waals surface area contributed by atoms with Crippen LogP contribution in [-0.2, 0) is 0 Å². The standard InChI is InChI=1S/C12H9BrN2O2S/c13-11-5-4-10(18-11)7-14-15-9-3-1-2-8(6-9)12(16)17/h1-7,15H,(H,16,17). The first kappa shape index (κ1) is 12.8. The molecule has 1 heterocycles. The van der Waals surface area contributed by atoms with Crippen molar-refractivity contribution < 1.29 is 9.90 Å². The first-order valence-electron chi connectivity index (χ1n) is 5.03. The molecule has 0 aliphatic heterocycles. The number of hydrogen-bond donors (Lipinski definition) is 2. The number of halogens is 1. The van der Waals surface area contributed by atoms with E-state index in [9.17, 15) is 4.79 Å². The molecule has 0 saturated carbocycles.